The van der Waals surface area contributed by atoms with Crippen molar-refractivity contribution in [3.63, 3.8) is 0 Å². The minimum Gasteiger partial charge on any atom is -0.326 e. The second-order valence-electron chi connectivity index (χ2n) is 6.79. The Labute approximate surface area is 159 Å². The first-order valence-electron chi connectivity index (χ1n) is 8.97. The van der Waals surface area contributed by atoms with Gasteiger partial charge in [-0.05, 0) is 37.1 Å². The van der Waals surface area contributed by atoms with Crippen LogP contribution < -0.4 is 10.1 Å². The molecule has 1 aliphatic rings. The third-order valence-electron chi connectivity index (χ3n) is 4.72. The van der Waals surface area contributed by atoms with Crippen molar-refractivity contribution in [2.45, 2.75) is 50.7 Å². The molecule has 4 nitrogen and oxygen atoms in total. The molecule has 0 bridgehead atoms. The smallest absolute Gasteiger partial charge is 0.326 e. The zero-order valence-electron chi connectivity index (χ0n) is 15.1. The van der Waals surface area contributed by atoms with Crippen molar-refractivity contribution in [1.29, 1.82) is 0 Å². The van der Waals surface area contributed by atoms with E-state index in [1.807, 2.05) is 17.0 Å². The maximum Gasteiger partial charge on any atom is 0.416 e. The molecule has 27 heavy (non-hydrogen) atoms. The molecule has 1 aliphatic carbocycles. The van der Waals surface area contributed by atoms with Crippen LogP contribution in [0.3, 0.4) is 0 Å². The van der Waals surface area contributed by atoms with Gasteiger partial charge in [0.25, 0.3) is 0 Å². The van der Waals surface area contributed by atoms with E-state index in [1.165, 1.54) is 42.7 Å². The summed E-state index contributed by atoms with van der Waals surface area (Å²) >= 11 is 1.51. The molecule has 0 aliphatic heterocycles. The predicted molar refractivity (Wildman–Crippen MR) is 99.5 cm³/mol. The Bertz CT molecular complexity index is 846. The average Bonchev–Trinajstić information content (AvgIpc) is 2.95. The number of halogens is 3. The second kappa shape index (κ2) is 8.29. The Morgan fingerprint density at radius 3 is 2.52 bits per heavy atom. The Morgan fingerprint density at radius 1 is 1.22 bits per heavy atom. The van der Waals surface area contributed by atoms with Gasteiger partial charge < -0.3 is 9.88 Å². The number of rotatable bonds is 4. The largest absolute Gasteiger partial charge is 0.416 e. The molecule has 2 aromatic rings. The minimum atomic E-state index is -4.38. The summed E-state index contributed by atoms with van der Waals surface area (Å²) in [5.41, 5.74) is 0.440. The molecule has 1 fully saturated rings. The lowest BCUT2D eigenvalue weighted by Gasteiger charge is -2.16. The molecule has 3 rings (SSSR count). The number of thiazole rings is 1. The molecule has 1 amide bonds. The van der Waals surface area contributed by atoms with E-state index in [2.05, 4.69) is 5.32 Å². The van der Waals surface area contributed by atoms with Crippen LogP contribution in [0.5, 0.6) is 0 Å². The highest BCUT2D eigenvalue weighted by Gasteiger charge is 2.30. The summed E-state index contributed by atoms with van der Waals surface area (Å²) in [5, 5.41) is 4.55. The highest BCUT2D eigenvalue weighted by atomic mass is 32.1. The standard InChI is InChI=1S/C19H22F3N3OS/c1-25-16(12-27-18(25)24-14-5-3-2-4-6-14)11-17(26)23-15-9-7-13(8-10-15)19(20,21)22/h7-10,12,14H,2-6,11H2,1H3,(H,23,26). The van der Waals surface area contributed by atoms with Crippen LogP contribution in [0, 0.1) is 0 Å². The van der Waals surface area contributed by atoms with Crippen molar-refractivity contribution >= 4 is 22.9 Å². The SMILES string of the molecule is Cn1c(CC(=O)Nc2ccc(C(F)(F)F)cc2)csc1=NC1CCCCC1. The normalized spacial score (nSPS) is 16.5. The Hall–Kier alpha value is -2.09. The van der Waals surface area contributed by atoms with Crippen LogP contribution in [0.2, 0.25) is 0 Å². The van der Waals surface area contributed by atoms with Crippen LogP contribution in [0.1, 0.15) is 43.4 Å². The van der Waals surface area contributed by atoms with Crippen LogP contribution in [0.25, 0.3) is 0 Å². The third kappa shape index (κ3) is 5.22. The predicted octanol–water partition coefficient (Wildman–Crippen LogP) is 4.52. The van der Waals surface area contributed by atoms with Gasteiger partial charge in [0.05, 0.1) is 18.0 Å². The lowest BCUT2D eigenvalue weighted by Crippen LogP contribution is -2.22. The molecular weight excluding hydrogens is 375 g/mol. The van der Waals surface area contributed by atoms with Gasteiger partial charge in [-0.25, -0.2) is 0 Å². The van der Waals surface area contributed by atoms with Crippen molar-refractivity contribution < 1.29 is 18.0 Å². The highest BCUT2D eigenvalue weighted by Crippen LogP contribution is 2.29. The average molecular weight is 397 g/mol. The van der Waals surface area contributed by atoms with E-state index in [1.54, 1.807) is 0 Å². The van der Waals surface area contributed by atoms with Gasteiger partial charge in [-0.15, -0.1) is 11.3 Å². The van der Waals surface area contributed by atoms with Crippen molar-refractivity contribution in [1.82, 2.24) is 4.57 Å². The van der Waals surface area contributed by atoms with Crippen molar-refractivity contribution in [3.05, 3.63) is 45.7 Å². The molecule has 8 heteroatoms. The fourth-order valence-electron chi connectivity index (χ4n) is 3.16. The maximum absolute atomic E-state index is 12.6. The van der Waals surface area contributed by atoms with Crippen LogP contribution in [0.15, 0.2) is 34.6 Å². The molecule has 1 aromatic carbocycles. The van der Waals surface area contributed by atoms with E-state index in [9.17, 15) is 18.0 Å². The number of benzene rings is 1. The van der Waals surface area contributed by atoms with E-state index in [4.69, 9.17) is 4.99 Å². The maximum atomic E-state index is 12.6. The third-order valence-corrected chi connectivity index (χ3v) is 5.70. The van der Waals surface area contributed by atoms with Crippen molar-refractivity contribution in [2.24, 2.45) is 12.0 Å². The van der Waals surface area contributed by atoms with E-state index in [0.717, 1.165) is 35.5 Å². The van der Waals surface area contributed by atoms with Gasteiger partial charge in [-0.3, -0.25) is 9.79 Å². The molecule has 1 saturated carbocycles. The number of amides is 1. The van der Waals surface area contributed by atoms with Gasteiger partial charge in [0.1, 0.15) is 0 Å². The second-order valence-corrected chi connectivity index (χ2v) is 7.63. The molecule has 0 atom stereocenters. The molecule has 1 aromatic heterocycles. The topological polar surface area (TPSA) is 46.4 Å². The summed E-state index contributed by atoms with van der Waals surface area (Å²) in [6.45, 7) is 0. The zero-order chi connectivity index (χ0) is 19.4. The van der Waals surface area contributed by atoms with Gasteiger partial charge in [-0.1, -0.05) is 19.3 Å². The van der Waals surface area contributed by atoms with E-state index >= 15 is 0 Å². The van der Waals surface area contributed by atoms with E-state index in [0.29, 0.717) is 11.7 Å². The Morgan fingerprint density at radius 2 is 1.89 bits per heavy atom. The van der Waals surface area contributed by atoms with Gasteiger partial charge in [0, 0.05) is 23.8 Å². The summed E-state index contributed by atoms with van der Waals surface area (Å²) in [5.74, 6) is -0.271. The van der Waals surface area contributed by atoms with Crippen LogP contribution >= 0.6 is 11.3 Å². The molecule has 0 radical (unpaired) electrons. The number of hydrogen-bond acceptors (Lipinski definition) is 3. The minimum absolute atomic E-state index is 0.147. The number of nitrogens with zero attached hydrogens (tertiary/aromatic N) is 2. The summed E-state index contributed by atoms with van der Waals surface area (Å²) in [4.78, 5) is 18.0. The lowest BCUT2D eigenvalue weighted by molar-refractivity contribution is -0.137. The van der Waals surface area contributed by atoms with E-state index < -0.39 is 11.7 Å². The van der Waals surface area contributed by atoms with Crippen LogP contribution in [-0.4, -0.2) is 16.5 Å². The number of anilines is 1. The first-order valence-corrected chi connectivity index (χ1v) is 9.85. The first-order chi connectivity index (χ1) is 12.8. The van der Waals surface area contributed by atoms with Gasteiger partial charge >= 0.3 is 6.18 Å². The summed E-state index contributed by atoms with van der Waals surface area (Å²) < 4.78 is 39.7. The fourth-order valence-corrected chi connectivity index (χ4v) is 4.13. The fraction of sp³-hybridized carbons (Fsp3) is 0.474. The number of alkyl halides is 3. The van der Waals surface area contributed by atoms with Crippen LogP contribution in [-0.2, 0) is 24.4 Å². The first kappa shape index (κ1) is 19.7. The lowest BCUT2D eigenvalue weighted by atomic mass is 9.96. The van der Waals surface area contributed by atoms with Gasteiger partial charge in [-0.2, -0.15) is 13.2 Å². The Kier molecular flexibility index (Phi) is 6.04. The summed E-state index contributed by atoms with van der Waals surface area (Å²) in [6.07, 6.45) is 1.69. The van der Waals surface area contributed by atoms with Gasteiger partial charge in [0.2, 0.25) is 5.91 Å². The van der Waals surface area contributed by atoms with Crippen molar-refractivity contribution in [3.8, 4) is 0 Å². The monoisotopic (exact) mass is 397 g/mol. The number of carbonyl (C=O) groups is 1. The number of aromatic nitrogens is 1. The van der Waals surface area contributed by atoms with E-state index in [-0.39, 0.29) is 12.3 Å². The number of nitrogens with one attached hydrogen (secondary N) is 1. The molecular formula is C19H22F3N3OS. The molecule has 0 unspecified atom stereocenters. The highest BCUT2D eigenvalue weighted by molar-refractivity contribution is 7.07. The number of carbonyl (C=O) groups excluding carboxylic acids is 1. The summed E-state index contributed by atoms with van der Waals surface area (Å²) in [6, 6.07) is 4.80. The molecule has 0 saturated heterocycles. The summed E-state index contributed by atoms with van der Waals surface area (Å²) in [7, 11) is 1.89. The zero-order valence-corrected chi connectivity index (χ0v) is 15.9. The Balaban J connectivity index is 1.63. The van der Waals surface area contributed by atoms with Crippen LogP contribution in [0.4, 0.5) is 18.9 Å². The quantitative estimate of drug-likeness (QED) is 0.810. The molecule has 0 spiro atoms. The molecule has 1 heterocycles. The number of hydrogen-bond donors (Lipinski definition) is 1. The molecule has 1 N–H and O–H groups in total. The van der Waals surface area contributed by atoms with Gasteiger partial charge in [0.15, 0.2) is 4.80 Å². The van der Waals surface area contributed by atoms with Crippen molar-refractivity contribution in [2.75, 3.05) is 5.32 Å². The molecule has 146 valence electrons.